The van der Waals surface area contributed by atoms with E-state index in [1.807, 2.05) is 6.92 Å². The lowest BCUT2D eigenvalue weighted by Crippen LogP contribution is -2.47. The van der Waals surface area contributed by atoms with Crippen molar-refractivity contribution in [1.82, 2.24) is 20.1 Å². The lowest BCUT2D eigenvalue weighted by atomic mass is 9.79. The van der Waals surface area contributed by atoms with Crippen molar-refractivity contribution in [3.05, 3.63) is 42.0 Å². The van der Waals surface area contributed by atoms with Crippen LogP contribution in [-0.2, 0) is 15.3 Å². The van der Waals surface area contributed by atoms with Crippen LogP contribution in [0.15, 0.2) is 35.6 Å². The third kappa shape index (κ3) is 3.06. The molecule has 3 heterocycles. The molecule has 2 aromatic heterocycles. The van der Waals surface area contributed by atoms with E-state index in [4.69, 9.17) is 0 Å². The summed E-state index contributed by atoms with van der Waals surface area (Å²) in [6.07, 6.45) is 7.29. The van der Waals surface area contributed by atoms with Crippen LogP contribution in [0, 0.1) is 0 Å². The van der Waals surface area contributed by atoms with Crippen LogP contribution >= 0.6 is 0 Å². The lowest BCUT2D eigenvalue weighted by Gasteiger charge is -2.40. The van der Waals surface area contributed by atoms with E-state index in [-0.39, 0.29) is 10.8 Å². The summed E-state index contributed by atoms with van der Waals surface area (Å²) < 4.78 is 24.0. The van der Waals surface area contributed by atoms with E-state index in [0.717, 1.165) is 12.8 Å². The molecule has 128 valence electrons. The number of likely N-dealkylation sites (tertiary alicyclic amines) is 1. The number of nitrogens with zero attached hydrogens (tertiary/aromatic N) is 3. The van der Waals surface area contributed by atoms with Gasteiger partial charge in [0.25, 0.3) is 5.91 Å². The van der Waals surface area contributed by atoms with E-state index in [1.54, 1.807) is 29.4 Å². The van der Waals surface area contributed by atoms with Gasteiger partial charge in [0.2, 0.25) is 0 Å². The molecule has 24 heavy (non-hydrogen) atoms. The number of aromatic amines is 1. The zero-order valence-electron chi connectivity index (χ0n) is 13.7. The van der Waals surface area contributed by atoms with Gasteiger partial charge in [-0.2, -0.15) is 5.10 Å². The molecule has 0 saturated carbocycles. The van der Waals surface area contributed by atoms with Gasteiger partial charge in [-0.1, -0.05) is 6.92 Å². The smallest absolute Gasteiger partial charge is 0.253 e. The maximum Gasteiger partial charge on any atom is 0.253 e. The SMILES string of the molecule is C[C@]1(c2[nH]ncc2S(C)(=O)=O)CCCN(C(=O)c2ccncc2)C1. The van der Waals surface area contributed by atoms with Crippen molar-refractivity contribution in [3.8, 4) is 0 Å². The Morgan fingerprint density at radius 1 is 1.33 bits per heavy atom. The van der Waals surface area contributed by atoms with Crippen LogP contribution in [-0.4, -0.2) is 53.8 Å². The van der Waals surface area contributed by atoms with E-state index in [2.05, 4.69) is 15.2 Å². The Hall–Kier alpha value is -2.22. The number of piperidine rings is 1. The Morgan fingerprint density at radius 3 is 2.71 bits per heavy atom. The highest BCUT2D eigenvalue weighted by molar-refractivity contribution is 7.90. The monoisotopic (exact) mass is 348 g/mol. The molecular weight excluding hydrogens is 328 g/mol. The second-order valence-electron chi connectivity index (χ2n) is 6.51. The Morgan fingerprint density at radius 2 is 2.04 bits per heavy atom. The van der Waals surface area contributed by atoms with Crippen LogP contribution < -0.4 is 0 Å². The molecule has 3 rings (SSSR count). The number of nitrogens with one attached hydrogen (secondary N) is 1. The Labute approximate surface area is 141 Å². The number of sulfone groups is 1. The van der Waals surface area contributed by atoms with Crippen molar-refractivity contribution < 1.29 is 13.2 Å². The van der Waals surface area contributed by atoms with Gasteiger partial charge in [0.1, 0.15) is 4.90 Å². The summed E-state index contributed by atoms with van der Waals surface area (Å²) in [6, 6.07) is 3.37. The van der Waals surface area contributed by atoms with Gasteiger partial charge in [-0.15, -0.1) is 0 Å². The number of carbonyl (C=O) groups excluding carboxylic acids is 1. The number of carbonyl (C=O) groups is 1. The molecule has 1 saturated heterocycles. The minimum absolute atomic E-state index is 0.0660. The standard InChI is InChI=1S/C16H20N4O3S/c1-16(14-13(10-18-19-14)24(2,22)23)6-3-9-20(11-16)15(21)12-4-7-17-8-5-12/h4-5,7-8,10H,3,6,9,11H2,1-2H3,(H,18,19)/t16-/m0/s1. The van der Waals surface area contributed by atoms with Crippen LogP contribution in [0.4, 0.5) is 0 Å². The summed E-state index contributed by atoms with van der Waals surface area (Å²) in [7, 11) is -3.37. The number of hydrogen-bond donors (Lipinski definition) is 1. The van der Waals surface area contributed by atoms with Crippen LogP contribution in [0.1, 0.15) is 35.8 Å². The van der Waals surface area contributed by atoms with Crippen LogP contribution in [0.3, 0.4) is 0 Å². The molecule has 1 amide bonds. The molecule has 2 aromatic rings. The average Bonchev–Trinajstić information content (AvgIpc) is 3.06. The van der Waals surface area contributed by atoms with Gasteiger partial charge >= 0.3 is 0 Å². The molecule has 1 aliphatic heterocycles. The molecule has 0 bridgehead atoms. The van der Waals surface area contributed by atoms with Crippen LogP contribution in [0.25, 0.3) is 0 Å². The highest BCUT2D eigenvalue weighted by atomic mass is 32.2. The topological polar surface area (TPSA) is 96.0 Å². The van der Waals surface area contributed by atoms with E-state index in [9.17, 15) is 13.2 Å². The van der Waals surface area contributed by atoms with Crippen molar-refractivity contribution >= 4 is 15.7 Å². The minimum Gasteiger partial charge on any atom is -0.338 e. The average molecular weight is 348 g/mol. The summed E-state index contributed by atoms with van der Waals surface area (Å²) in [6.45, 7) is 3.07. The first-order chi connectivity index (χ1) is 11.3. The van der Waals surface area contributed by atoms with E-state index in [0.29, 0.717) is 24.3 Å². The quantitative estimate of drug-likeness (QED) is 0.904. The summed E-state index contributed by atoms with van der Waals surface area (Å²) in [5, 5.41) is 6.77. The Balaban J connectivity index is 1.90. The maximum absolute atomic E-state index is 12.7. The molecule has 0 aliphatic carbocycles. The van der Waals surface area contributed by atoms with E-state index < -0.39 is 15.3 Å². The summed E-state index contributed by atoms with van der Waals surface area (Å²) in [5.41, 5.74) is 0.690. The first-order valence-corrected chi connectivity index (χ1v) is 9.64. The number of amides is 1. The second kappa shape index (κ2) is 6.01. The number of rotatable bonds is 3. The Bertz CT molecular complexity index is 847. The van der Waals surface area contributed by atoms with Gasteiger partial charge in [0.15, 0.2) is 9.84 Å². The maximum atomic E-state index is 12.7. The zero-order valence-corrected chi connectivity index (χ0v) is 14.5. The van der Waals surface area contributed by atoms with Gasteiger partial charge in [0.05, 0.1) is 11.9 Å². The predicted octanol–water partition coefficient (Wildman–Crippen LogP) is 1.40. The van der Waals surface area contributed by atoms with Gasteiger partial charge in [0, 0.05) is 42.7 Å². The highest BCUT2D eigenvalue weighted by Gasteiger charge is 2.39. The molecule has 0 radical (unpaired) electrons. The molecule has 1 atom stereocenters. The normalized spacial score (nSPS) is 21.7. The molecule has 7 nitrogen and oxygen atoms in total. The van der Waals surface area contributed by atoms with Gasteiger partial charge < -0.3 is 4.90 Å². The first kappa shape index (κ1) is 16.6. The first-order valence-electron chi connectivity index (χ1n) is 7.74. The molecule has 0 aromatic carbocycles. The fourth-order valence-electron chi connectivity index (χ4n) is 3.28. The lowest BCUT2D eigenvalue weighted by molar-refractivity contribution is 0.0645. The number of hydrogen-bond acceptors (Lipinski definition) is 5. The molecule has 0 spiro atoms. The summed E-state index contributed by atoms with van der Waals surface area (Å²) in [5.74, 6) is -0.0660. The number of pyridine rings is 1. The summed E-state index contributed by atoms with van der Waals surface area (Å²) >= 11 is 0. The highest BCUT2D eigenvalue weighted by Crippen LogP contribution is 2.36. The number of aromatic nitrogens is 3. The van der Waals surface area contributed by atoms with Crippen LogP contribution in [0.5, 0.6) is 0 Å². The third-order valence-corrected chi connectivity index (χ3v) is 5.63. The summed E-state index contributed by atoms with van der Waals surface area (Å²) in [4.78, 5) is 18.6. The van der Waals surface area contributed by atoms with Crippen molar-refractivity contribution in [3.63, 3.8) is 0 Å². The van der Waals surface area contributed by atoms with E-state index >= 15 is 0 Å². The predicted molar refractivity (Wildman–Crippen MR) is 88.4 cm³/mol. The molecule has 1 fully saturated rings. The minimum atomic E-state index is -3.37. The molecule has 1 aliphatic rings. The molecular formula is C16H20N4O3S. The number of H-pyrrole nitrogens is 1. The van der Waals surface area contributed by atoms with Crippen LogP contribution in [0.2, 0.25) is 0 Å². The third-order valence-electron chi connectivity index (χ3n) is 4.52. The second-order valence-corrected chi connectivity index (χ2v) is 8.49. The van der Waals surface area contributed by atoms with E-state index in [1.165, 1.54) is 12.5 Å². The fraction of sp³-hybridized carbons (Fsp3) is 0.438. The van der Waals surface area contributed by atoms with Crippen molar-refractivity contribution in [1.29, 1.82) is 0 Å². The zero-order chi connectivity index (χ0) is 17.4. The van der Waals surface area contributed by atoms with Crippen molar-refractivity contribution in [2.45, 2.75) is 30.1 Å². The largest absolute Gasteiger partial charge is 0.338 e. The fourth-order valence-corrected chi connectivity index (χ4v) is 4.19. The Kier molecular flexibility index (Phi) is 4.16. The van der Waals surface area contributed by atoms with Crippen molar-refractivity contribution in [2.24, 2.45) is 0 Å². The van der Waals surface area contributed by atoms with Gasteiger partial charge in [-0.3, -0.25) is 14.9 Å². The van der Waals surface area contributed by atoms with Crippen molar-refractivity contribution in [2.75, 3.05) is 19.3 Å². The molecule has 0 unspecified atom stereocenters. The van der Waals surface area contributed by atoms with Gasteiger partial charge in [-0.05, 0) is 25.0 Å². The molecule has 8 heteroatoms. The molecule has 1 N–H and O–H groups in total. The van der Waals surface area contributed by atoms with Gasteiger partial charge in [-0.25, -0.2) is 8.42 Å².